The molecule has 2 rings (SSSR count). The Bertz CT molecular complexity index is 676. The first-order chi connectivity index (χ1) is 9.60. The molecule has 6 heteroatoms. The van der Waals surface area contributed by atoms with Gasteiger partial charge in [-0.15, -0.1) is 0 Å². The third-order valence-corrected chi connectivity index (χ3v) is 3.85. The molecule has 0 spiro atoms. The van der Waals surface area contributed by atoms with Crippen LogP contribution in [0, 0.1) is 11.3 Å². The van der Waals surface area contributed by atoms with Crippen molar-refractivity contribution in [2.45, 2.75) is 19.4 Å². The summed E-state index contributed by atoms with van der Waals surface area (Å²) >= 11 is 1.50. The highest BCUT2D eigenvalue weighted by Gasteiger charge is 2.05. The van der Waals surface area contributed by atoms with E-state index in [2.05, 4.69) is 16.2 Å². The minimum Gasteiger partial charge on any atom is -0.393 e. The molecule has 1 aromatic carbocycles. The molecule has 1 N–H and O–H groups in total. The lowest BCUT2D eigenvalue weighted by atomic mass is 10.2. The Morgan fingerprint density at radius 1 is 1.45 bits per heavy atom. The summed E-state index contributed by atoms with van der Waals surface area (Å²) in [5, 5.41) is 23.3. The first-order valence-corrected chi connectivity index (χ1v) is 7.15. The summed E-state index contributed by atoms with van der Waals surface area (Å²) in [5.41, 5.74) is 1.61. The Balaban J connectivity index is 2.24. The summed E-state index contributed by atoms with van der Waals surface area (Å²) < 4.78 is 1.74. The average molecular weight is 288 g/mol. The van der Waals surface area contributed by atoms with E-state index in [1.165, 1.54) is 11.3 Å². The number of nitriles is 1. The molecule has 2 aromatic rings. The third-order valence-electron chi connectivity index (χ3n) is 2.76. The van der Waals surface area contributed by atoms with Gasteiger partial charge in [-0.2, -0.15) is 10.4 Å². The van der Waals surface area contributed by atoms with Gasteiger partial charge in [0.1, 0.15) is 5.01 Å². The third kappa shape index (κ3) is 3.53. The maximum atomic E-state index is 9.23. The number of benzene rings is 1. The van der Waals surface area contributed by atoms with Gasteiger partial charge in [0, 0.05) is 19.2 Å². The Kier molecular flexibility index (Phi) is 4.66. The molecule has 1 heterocycles. The minimum absolute atomic E-state index is 0.338. The van der Waals surface area contributed by atoms with Crippen LogP contribution in [-0.4, -0.2) is 27.5 Å². The van der Waals surface area contributed by atoms with Crippen LogP contribution < -0.4 is 4.80 Å². The van der Waals surface area contributed by atoms with Crippen LogP contribution in [0.5, 0.6) is 0 Å². The summed E-state index contributed by atoms with van der Waals surface area (Å²) in [7, 11) is 1.85. The number of hydrogen-bond donors (Lipinski definition) is 1. The van der Waals surface area contributed by atoms with Crippen LogP contribution in [0.2, 0.25) is 0 Å². The van der Waals surface area contributed by atoms with Crippen molar-refractivity contribution in [2.24, 2.45) is 12.0 Å². The van der Waals surface area contributed by atoms with Gasteiger partial charge < -0.3 is 5.11 Å². The van der Waals surface area contributed by atoms with Gasteiger partial charge >= 0.3 is 0 Å². The molecule has 1 atom stereocenters. The molecule has 104 valence electrons. The van der Waals surface area contributed by atoms with E-state index in [-0.39, 0.29) is 6.10 Å². The SMILES string of the molecule is CC(O)CCN=c1sc(-c2ccc(C#N)cc2)nn1C. The molecule has 20 heavy (non-hydrogen) atoms. The molecule has 0 aliphatic heterocycles. The molecule has 1 aromatic heterocycles. The summed E-state index contributed by atoms with van der Waals surface area (Å²) in [5.74, 6) is 0. The fourth-order valence-electron chi connectivity index (χ4n) is 1.64. The molecule has 0 saturated carbocycles. The van der Waals surface area contributed by atoms with Crippen molar-refractivity contribution in [3.63, 3.8) is 0 Å². The van der Waals surface area contributed by atoms with Crippen molar-refractivity contribution in [1.29, 1.82) is 5.26 Å². The number of hydrogen-bond acceptors (Lipinski definition) is 5. The molecular formula is C14H16N4OS. The van der Waals surface area contributed by atoms with Crippen molar-refractivity contribution in [3.8, 4) is 16.6 Å². The smallest absolute Gasteiger partial charge is 0.203 e. The second kappa shape index (κ2) is 6.46. The topological polar surface area (TPSA) is 74.2 Å². The Morgan fingerprint density at radius 2 is 2.15 bits per heavy atom. The van der Waals surface area contributed by atoms with Crippen LogP contribution >= 0.6 is 11.3 Å². The van der Waals surface area contributed by atoms with E-state index in [0.717, 1.165) is 15.4 Å². The second-order valence-corrected chi connectivity index (χ2v) is 5.48. The first kappa shape index (κ1) is 14.4. The van der Waals surface area contributed by atoms with Gasteiger partial charge in [0.25, 0.3) is 0 Å². The summed E-state index contributed by atoms with van der Waals surface area (Å²) in [4.78, 5) is 5.26. The van der Waals surface area contributed by atoms with Gasteiger partial charge in [-0.1, -0.05) is 23.5 Å². The van der Waals surface area contributed by atoms with Crippen molar-refractivity contribution in [1.82, 2.24) is 9.78 Å². The van der Waals surface area contributed by atoms with Crippen LogP contribution in [0.15, 0.2) is 29.3 Å². The number of nitrogens with zero attached hydrogens (tertiary/aromatic N) is 4. The van der Waals surface area contributed by atoms with Gasteiger partial charge in [0.05, 0.1) is 17.7 Å². The van der Waals surface area contributed by atoms with E-state index in [0.29, 0.717) is 18.5 Å². The molecule has 0 fully saturated rings. The highest BCUT2D eigenvalue weighted by Crippen LogP contribution is 2.19. The van der Waals surface area contributed by atoms with E-state index in [9.17, 15) is 5.11 Å². The highest BCUT2D eigenvalue weighted by molar-refractivity contribution is 7.12. The normalized spacial score (nSPS) is 13.2. The number of aromatic nitrogens is 2. The lowest BCUT2D eigenvalue weighted by Crippen LogP contribution is -2.13. The first-order valence-electron chi connectivity index (χ1n) is 6.33. The highest BCUT2D eigenvalue weighted by atomic mass is 32.1. The molecule has 0 aliphatic rings. The average Bonchev–Trinajstić information content (AvgIpc) is 2.80. The Morgan fingerprint density at radius 3 is 2.75 bits per heavy atom. The van der Waals surface area contributed by atoms with Crippen LogP contribution in [0.3, 0.4) is 0 Å². The van der Waals surface area contributed by atoms with E-state index < -0.39 is 0 Å². The van der Waals surface area contributed by atoms with Gasteiger partial charge in [-0.05, 0) is 25.5 Å². The summed E-state index contributed by atoms with van der Waals surface area (Å²) in [6.45, 7) is 2.34. The standard InChI is InChI=1S/C14H16N4OS/c1-10(19)7-8-16-14-18(2)17-13(20-14)12-5-3-11(9-15)4-6-12/h3-6,10,19H,7-8H2,1-2H3. The lowest BCUT2D eigenvalue weighted by Gasteiger charge is -1.97. The zero-order chi connectivity index (χ0) is 14.5. The molecule has 0 aliphatic carbocycles. The molecule has 0 bridgehead atoms. The second-order valence-electron chi connectivity index (χ2n) is 4.52. The zero-order valence-corrected chi connectivity index (χ0v) is 12.3. The van der Waals surface area contributed by atoms with Crippen molar-refractivity contribution >= 4 is 11.3 Å². The van der Waals surface area contributed by atoms with Crippen LogP contribution in [-0.2, 0) is 7.05 Å². The van der Waals surface area contributed by atoms with E-state index >= 15 is 0 Å². The zero-order valence-electron chi connectivity index (χ0n) is 11.4. The largest absolute Gasteiger partial charge is 0.393 e. The van der Waals surface area contributed by atoms with Crippen molar-refractivity contribution < 1.29 is 5.11 Å². The van der Waals surface area contributed by atoms with Gasteiger partial charge in [0.2, 0.25) is 4.80 Å². The summed E-state index contributed by atoms with van der Waals surface area (Å²) in [6, 6.07) is 9.43. The molecule has 0 radical (unpaired) electrons. The molecule has 0 amide bonds. The van der Waals surface area contributed by atoms with Gasteiger partial charge in [-0.3, -0.25) is 4.99 Å². The van der Waals surface area contributed by atoms with E-state index in [1.54, 1.807) is 23.7 Å². The Labute approximate surface area is 121 Å². The van der Waals surface area contributed by atoms with E-state index in [4.69, 9.17) is 5.26 Å². The van der Waals surface area contributed by atoms with Crippen molar-refractivity contribution in [3.05, 3.63) is 34.6 Å². The fourth-order valence-corrected chi connectivity index (χ4v) is 2.56. The maximum Gasteiger partial charge on any atom is 0.203 e. The maximum absolute atomic E-state index is 9.23. The van der Waals surface area contributed by atoms with Crippen LogP contribution in [0.4, 0.5) is 0 Å². The Hall–Kier alpha value is -1.97. The predicted octanol–water partition coefficient (Wildman–Crippen LogP) is 1.69. The van der Waals surface area contributed by atoms with Gasteiger partial charge in [0.15, 0.2) is 0 Å². The summed E-state index contributed by atoms with van der Waals surface area (Å²) in [6.07, 6.45) is 0.305. The molecule has 5 nitrogen and oxygen atoms in total. The van der Waals surface area contributed by atoms with Crippen LogP contribution in [0.1, 0.15) is 18.9 Å². The fraction of sp³-hybridized carbons (Fsp3) is 0.357. The number of aliphatic hydroxyl groups excluding tert-OH is 1. The monoisotopic (exact) mass is 288 g/mol. The van der Waals surface area contributed by atoms with Crippen molar-refractivity contribution in [2.75, 3.05) is 6.54 Å². The number of rotatable bonds is 4. The molecule has 0 saturated heterocycles. The van der Waals surface area contributed by atoms with E-state index in [1.807, 2.05) is 19.2 Å². The number of aryl methyl sites for hydroxylation is 1. The van der Waals surface area contributed by atoms with Gasteiger partial charge in [-0.25, -0.2) is 4.68 Å². The molecule has 1 unspecified atom stereocenters. The molecular weight excluding hydrogens is 272 g/mol. The number of aliphatic hydroxyl groups is 1. The lowest BCUT2D eigenvalue weighted by molar-refractivity contribution is 0.187. The predicted molar refractivity (Wildman–Crippen MR) is 78.0 cm³/mol. The minimum atomic E-state index is -0.338. The van der Waals surface area contributed by atoms with Crippen LogP contribution in [0.25, 0.3) is 10.6 Å². The quantitative estimate of drug-likeness (QED) is 0.930.